The van der Waals surface area contributed by atoms with Gasteiger partial charge in [-0.05, 0) is 63.7 Å². The fourth-order valence-electron chi connectivity index (χ4n) is 6.15. The van der Waals surface area contributed by atoms with E-state index in [9.17, 15) is 8.78 Å². The van der Waals surface area contributed by atoms with E-state index in [1.807, 2.05) is 48.7 Å². The molecular formula is C44H32F2IrN2O2Si-2. The van der Waals surface area contributed by atoms with Crippen molar-refractivity contribution in [2.45, 2.75) is 26.0 Å². The summed E-state index contributed by atoms with van der Waals surface area (Å²) < 4.78 is 57.1. The van der Waals surface area contributed by atoms with E-state index in [1.54, 1.807) is 54.7 Å². The molecule has 0 unspecified atom stereocenters. The zero-order chi connectivity index (χ0) is 36.9. The van der Waals surface area contributed by atoms with Crippen LogP contribution in [0, 0.1) is 23.8 Å². The van der Waals surface area contributed by atoms with Crippen molar-refractivity contribution in [2.24, 2.45) is 0 Å². The summed E-state index contributed by atoms with van der Waals surface area (Å²) in [5, 5.41) is 4.24. The van der Waals surface area contributed by atoms with Crippen molar-refractivity contribution in [1.82, 2.24) is 9.97 Å². The van der Waals surface area contributed by atoms with Crippen molar-refractivity contribution in [1.29, 1.82) is 0 Å². The van der Waals surface area contributed by atoms with Gasteiger partial charge in [-0.2, -0.15) is 0 Å². The molecule has 0 aliphatic carbocycles. The Morgan fingerprint density at radius 2 is 1.46 bits per heavy atom. The van der Waals surface area contributed by atoms with Crippen molar-refractivity contribution in [3.8, 4) is 22.5 Å². The first-order valence-electron chi connectivity index (χ1n) is 17.5. The van der Waals surface area contributed by atoms with E-state index in [0.717, 1.165) is 22.0 Å². The van der Waals surface area contributed by atoms with Gasteiger partial charge in [-0.3, -0.25) is 4.39 Å². The molecular weight excluding hydrogens is 847 g/mol. The fraction of sp³-hybridized carbons (Fsp3) is 0.0909. The van der Waals surface area contributed by atoms with Crippen molar-refractivity contribution < 1.29 is 40.5 Å². The van der Waals surface area contributed by atoms with Crippen LogP contribution in [0.25, 0.3) is 66.4 Å². The Balaban J connectivity index is 0.000000166. The smallest absolute Gasteiger partial charge is 0.126 e. The van der Waals surface area contributed by atoms with Crippen LogP contribution in [-0.2, 0) is 26.5 Å². The Morgan fingerprint density at radius 3 is 2.25 bits per heavy atom. The first kappa shape index (κ1) is 32.6. The first-order valence-corrected chi connectivity index (χ1v) is 20.0. The van der Waals surface area contributed by atoms with Gasteiger partial charge in [0.15, 0.2) is 0 Å². The number of rotatable bonds is 5. The molecule has 4 heterocycles. The third-order valence-electron chi connectivity index (χ3n) is 8.76. The van der Waals surface area contributed by atoms with Crippen molar-refractivity contribution in [3.63, 3.8) is 0 Å². The molecule has 52 heavy (non-hydrogen) atoms. The van der Waals surface area contributed by atoms with Crippen LogP contribution >= 0.6 is 0 Å². The molecule has 0 amide bonds. The second-order valence-corrected chi connectivity index (χ2v) is 18.3. The van der Waals surface area contributed by atoms with Gasteiger partial charge in [-0.15, -0.1) is 30.3 Å². The van der Waals surface area contributed by atoms with E-state index < -0.39 is 20.3 Å². The standard InChI is InChI=1S/C24H15FNO.C20H17FNOSi.Ir/c25-20-11-10-18(24-23(20)19-8-4-5-9-22(19)27-24)21-15-17(12-13-26-21)14-16-6-2-1-3-7-16;1-24(2,3)14-8-10-18(22-12-14)17-6-4-5-16-15-9-7-13(21)11-19(15)23-20(16)17;/h1-9,11-13,15H,14H2;4-5,7-12H,1-3H3;/q2*-1;/i14D2;;. The average Bonchev–Trinajstić information content (AvgIpc) is 3.74. The van der Waals surface area contributed by atoms with Crippen molar-refractivity contribution in [2.75, 3.05) is 0 Å². The van der Waals surface area contributed by atoms with Gasteiger partial charge in [-0.1, -0.05) is 103 Å². The molecule has 1 radical (unpaired) electrons. The Bertz CT molecular complexity index is 2780. The molecule has 9 aromatic rings. The minimum absolute atomic E-state index is 0. The number of furan rings is 2. The quantitative estimate of drug-likeness (QED) is 0.128. The van der Waals surface area contributed by atoms with E-state index in [2.05, 4.69) is 47.8 Å². The van der Waals surface area contributed by atoms with Crippen LogP contribution < -0.4 is 5.19 Å². The number of nitrogens with zero attached hydrogens (tertiary/aromatic N) is 2. The maximum atomic E-state index is 14.6. The largest absolute Gasteiger partial charge is 0.500 e. The normalized spacial score (nSPS) is 12.3. The summed E-state index contributed by atoms with van der Waals surface area (Å²) in [5.74, 6) is -0.714. The molecule has 9 rings (SSSR count). The molecule has 0 fully saturated rings. The van der Waals surface area contributed by atoms with Crippen LogP contribution in [0.15, 0.2) is 136 Å². The summed E-state index contributed by atoms with van der Waals surface area (Å²) in [7, 11) is -1.38. The number of halogens is 2. The predicted octanol–water partition coefficient (Wildman–Crippen LogP) is 11.3. The zero-order valence-electron chi connectivity index (χ0n) is 30.4. The van der Waals surface area contributed by atoms with Crippen LogP contribution in [0.2, 0.25) is 19.6 Å². The maximum Gasteiger partial charge on any atom is 0.126 e. The van der Waals surface area contributed by atoms with Gasteiger partial charge in [0.2, 0.25) is 0 Å². The summed E-state index contributed by atoms with van der Waals surface area (Å²) in [6.07, 6.45) is 1.81. The van der Waals surface area contributed by atoms with Gasteiger partial charge >= 0.3 is 0 Å². The molecule has 0 bridgehead atoms. The third kappa shape index (κ3) is 6.85. The van der Waals surface area contributed by atoms with E-state index >= 15 is 0 Å². The molecule has 0 spiro atoms. The SMILES string of the molecule is C[Si](C)(C)c1ccc(-c2[c-]ccc3c2oc2cc(F)ccc23)nc1.[2H]C([2H])(c1ccccc1)c1ccnc(-c2[c-]cc(F)c3c2oc2ccccc23)c1.[Ir]. The molecule has 259 valence electrons. The molecule has 4 aromatic heterocycles. The number of para-hydroxylation sites is 1. The molecule has 4 nitrogen and oxygen atoms in total. The van der Waals surface area contributed by atoms with Crippen LogP contribution in [0.1, 0.15) is 13.9 Å². The van der Waals surface area contributed by atoms with Crippen molar-refractivity contribution in [3.05, 3.63) is 163 Å². The van der Waals surface area contributed by atoms with Gasteiger partial charge in [0, 0.05) is 57.9 Å². The minimum Gasteiger partial charge on any atom is -0.500 e. The molecule has 0 aliphatic rings. The van der Waals surface area contributed by atoms with E-state index in [1.165, 1.54) is 23.4 Å². The topological polar surface area (TPSA) is 52.1 Å². The predicted molar refractivity (Wildman–Crippen MR) is 204 cm³/mol. The summed E-state index contributed by atoms with van der Waals surface area (Å²) in [6.45, 7) is 6.89. The molecule has 0 N–H and O–H groups in total. The number of pyridine rings is 2. The molecule has 0 aliphatic heterocycles. The van der Waals surface area contributed by atoms with E-state index in [0.29, 0.717) is 55.5 Å². The van der Waals surface area contributed by atoms with Gasteiger partial charge in [-0.25, -0.2) is 4.39 Å². The summed E-state index contributed by atoms with van der Waals surface area (Å²) in [4.78, 5) is 9.01. The number of benzene rings is 5. The second kappa shape index (κ2) is 14.4. The second-order valence-electron chi connectivity index (χ2n) is 13.3. The molecule has 0 saturated carbocycles. The maximum absolute atomic E-state index is 14.6. The Hall–Kier alpha value is -5.27. The molecule has 5 aromatic carbocycles. The Morgan fingerprint density at radius 1 is 0.692 bits per heavy atom. The summed E-state index contributed by atoms with van der Waals surface area (Å²) in [6, 6.07) is 39.6. The first-order chi connectivity index (χ1) is 25.5. The minimum atomic E-state index is -1.70. The molecule has 8 heteroatoms. The van der Waals surface area contributed by atoms with Crippen LogP contribution in [0.3, 0.4) is 0 Å². The number of aromatic nitrogens is 2. The number of fused-ring (bicyclic) bond motifs is 6. The van der Waals surface area contributed by atoms with E-state index in [4.69, 9.17) is 11.6 Å². The third-order valence-corrected chi connectivity index (χ3v) is 10.8. The monoisotopic (exact) mass is 881 g/mol. The Labute approximate surface area is 317 Å². The van der Waals surface area contributed by atoms with Crippen molar-refractivity contribution >= 4 is 57.1 Å². The van der Waals surface area contributed by atoms with Gasteiger partial charge in [0.1, 0.15) is 17.0 Å². The summed E-state index contributed by atoms with van der Waals surface area (Å²) >= 11 is 0. The van der Waals surface area contributed by atoms with Crippen LogP contribution in [0.4, 0.5) is 8.78 Å². The van der Waals surface area contributed by atoms with Gasteiger partial charge in [0.05, 0.1) is 19.2 Å². The number of hydrogen-bond donors (Lipinski definition) is 0. The average molecular weight is 881 g/mol. The van der Waals surface area contributed by atoms with Gasteiger partial charge < -0.3 is 18.8 Å². The summed E-state index contributed by atoms with van der Waals surface area (Å²) in [5.41, 5.74) is 5.80. The fourth-order valence-corrected chi connectivity index (χ4v) is 7.18. The number of hydrogen-bond acceptors (Lipinski definition) is 4. The van der Waals surface area contributed by atoms with E-state index in [-0.39, 0.29) is 25.9 Å². The van der Waals surface area contributed by atoms with Gasteiger partial charge in [0.25, 0.3) is 0 Å². The molecule has 0 saturated heterocycles. The van der Waals surface area contributed by atoms with Crippen LogP contribution in [0.5, 0.6) is 0 Å². The zero-order valence-corrected chi connectivity index (χ0v) is 31.8. The molecule has 0 atom stereocenters. The Kier molecular flexibility index (Phi) is 9.03. The van der Waals surface area contributed by atoms with Crippen LogP contribution in [-0.4, -0.2) is 18.0 Å².